The largest absolute Gasteiger partial charge is 0.417 e. The van der Waals surface area contributed by atoms with Crippen molar-refractivity contribution in [3.63, 3.8) is 0 Å². The van der Waals surface area contributed by atoms with Gasteiger partial charge in [-0.2, -0.15) is 0 Å². The number of esters is 2. The van der Waals surface area contributed by atoms with Gasteiger partial charge in [-0.1, -0.05) is 61.5 Å². The number of rotatable bonds is 7. The fourth-order valence-corrected chi connectivity index (χ4v) is 4.72. The van der Waals surface area contributed by atoms with E-state index in [1.807, 2.05) is 30.3 Å². The number of fused-ring (bicyclic) bond motifs is 1. The highest BCUT2D eigenvalue weighted by atomic mass is 19.1. The standard InChI is InChI=1S/C28H26FN3O6/c1-17(2)27(15-21(32-38-27)24-20-11-7-6-8-18(20)12-13-30-24)26(35)31-22-14-23(33)36-28(22,16-29)37-25(34)19-9-4-3-5-10-19/h3-13,17,22H,14-16H2,1-2H3,(H,31,35)/t22-,27+,28-/m0/s1. The van der Waals surface area contributed by atoms with Gasteiger partial charge in [0, 0.05) is 23.9 Å². The number of nitrogens with zero attached hydrogens (tertiary/aromatic N) is 2. The monoisotopic (exact) mass is 519 g/mol. The van der Waals surface area contributed by atoms with E-state index in [1.165, 1.54) is 12.1 Å². The van der Waals surface area contributed by atoms with Crippen molar-refractivity contribution in [1.29, 1.82) is 0 Å². The van der Waals surface area contributed by atoms with E-state index < -0.39 is 42.0 Å². The molecule has 1 aromatic heterocycles. The maximum Gasteiger partial charge on any atom is 0.341 e. The molecule has 0 saturated carbocycles. The van der Waals surface area contributed by atoms with Crippen LogP contribution in [0.3, 0.4) is 0 Å². The molecule has 2 aromatic carbocycles. The highest BCUT2D eigenvalue weighted by Gasteiger charge is 2.57. The maximum atomic E-state index is 14.4. The molecule has 0 bridgehead atoms. The van der Waals surface area contributed by atoms with Gasteiger partial charge >= 0.3 is 17.7 Å². The molecule has 2 aliphatic heterocycles. The lowest BCUT2D eigenvalue weighted by atomic mass is 9.83. The third kappa shape index (κ3) is 4.36. The highest BCUT2D eigenvalue weighted by molar-refractivity contribution is 6.12. The minimum atomic E-state index is -2.31. The summed E-state index contributed by atoms with van der Waals surface area (Å²) in [5.74, 6) is -5.01. The van der Waals surface area contributed by atoms with Crippen LogP contribution in [-0.2, 0) is 23.9 Å². The van der Waals surface area contributed by atoms with E-state index in [2.05, 4.69) is 15.5 Å². The molecule has 5 rings (SSSR count). The number of hydrogen-bond donors (Lipinski definition) is 1. The Kier molecular flexibility index (Phi) is 6.56. The number of alkyl halides is 1. The maximum absolute atomic E-state index is 14.4. The van der Waals surface area contributed by atoms with Gasteiger partial charge < -0.3 is 19.6 Å². The van der Waals surface area contributed by atoms with Crippen molar-refractivity contribution in [2.45, 2.75) is 44.1 Å². The van der Waals surface area contributed by atoms with E-state index in [9.17, 15) is 18.8 Å². The van der Waals surface area contributed by atoms with Gasteiger partial charge in [-0.05, 0) is 23.6 Å². The summed E-state index contributed by atoms with van der Waals surface area (Å²) in [7, 11) is 0. The zero-order valence-electron chi connectivity index (χ0n) is 20.8. The molecule has 1 N–H and O–H groups in total. The van der Waals surface area contributed by atoms with Crippen molar-refractivity contribution >= 4 is 34.3 Å². The van der Waals surface area contributed by atoms with Crippen LogP contribution in [0, 0.1) is 5.92 Å². The fraction of sp³-hybridized carbons (Fsp3) is 0.321. The molecule has 3 heterocycles. The third-order valence-corrected chi connectivity index (χ3v) is 6.97. The number of benzene rings is 2. The first-order chi connectivity index (χ1) is 18.3. The molecule has 3 aromatic rings. The van der Waals surface area contributed by atoms with E-state index in [0.29, 0.717) is 11.4 Å². The number of hydrogen-bond acceptors (Lipinski definition) is 8. The Morgan fingerprint density at radius 1 is 1.13 bits per heavy atom. The van der Waals surface area contributed by atoms with Crippen LogP contribution in [0.4, 0.5) is 4.39 Å². The molecular weight excluding hydrogens is 493 g/mol. The second-order valence-corrected chi connectivity index (χ2v) is 9.64. The van der Waals surface area contributed by atoms with Crippen LogP contribution < -0.4 is 5.32 Å². The summed E-state index contributed by atoms with van der Waals surface area (Å²) in [4.78, 5) is 48.9. The molecule has 3 atom stereocenters. The van der Waals surface area contributed by atoms with Crippen LogP contribution in [0.25, 0.3) is 10.8 Å². The number of carbonyl (C=O) groups is 3. The number of oxime groups is 1. The Labute approximate surface area is 218 Å². The molecule has 0 aliphatic carbocycles. The van der Waals surface area contributed by atoms with Crippen LogP contribution in [0.15, 0.2) is 72.0 Å². The summed E-state index contributed by atoms with van der Waals surface area (Å²) < 4.78 is 24.9. The highest BCUT2D eigenvalue weighted by Crippen LogP contribution is 2.37. The average molecular weight is 520 g/mol. The Morgan fingerprint density at radius 2 is 1.87 bits per heavy atom. The predicted molar refractivity (Wildman–Crippen MR) is 135 cm³/mol. The molecule has 38 heavy (non-hydrogen) atoms. The summed E-state index contributed by atoms with van der Waals surface area (Å²) >= 11 is 0. The summed E-state index contributed by atoms with van der Waals surface area (Å²) in [6, 6.07) is 16.2. The zero-order chi connectivity index (χ0) is 26.9. The van der Waals surface area contributed by atoms with Crippen molar-refractivity contribution < 1.29 is 33.1 Å². The van der Waals surface area contributed by atoms with Crippen molar-refractivity contribution in [3.05, 3.63) is 78.1 Å². The second-order valence-electron chi connectivity index (χ2n) is 9.64. The third-order valence-electron chi connectivity index (χ3n) is 6.97. The average Bonchev–Trinajstić information content (AvgIpc) is 3.51. The molecule has 0 unspecified atom stereocenters. The molecule has 0 spiro atoms. The number of ether oxygens (including phenoxy) is 2. The number of nitrogens with one attached hydrogen (secondary N) is 1. The Hall–Kier alpha value is -4.34. The van der Waals surface area contributed by atoms with E-state index in [4.69, 9.17) is 14.3 Å². The van der Waals surface area contributed by atoms with Gasteiger partial charge in [-0.25, -0.2) is 9.18 Å². The molecule has 1 fully saturated rings. The van der Waals surface area contributed by atoms with Gasteiger partial charge in [0.05, 0.1) is 17.7 Å². The number of aromatic nitrogens is 1. The first-order valence-electron chi connectivity index (χ1n) is 12.2. The van der Waals surface area contributed by atoms with Crippen molar-refractivity contribution in [3.8, 4) is 0 Å². The summed E-state index contributed by atoms with van der Waals surface area (Å²) in [6.07, 6.45) is 1.36. The van der Waals surface area contributed by atoms with Gasteiger partial charge in [0.25, 0.3) is 5.91 Å². The summed E-state index contributed by atoms with van der Waals surface area (Å²) in [5.41, 5.74) is -0.249. The molecule has 10 heteroatoms. The van der Waals surface area contributed by atoms with Gasteiger partial charge in [-0.3, -0.25) is 14.6 Å². The topological polar surface area (TPSA) is 116 Å². The van der Waals surface area contributed by atoms with E-state index in [-0.39, 0.29) is 24.3 Å². The van der Waals surface area contributed by atoms with Crippen LogP contribution in [0.1, 0.15) is 42.7 Å². The van der Waals surface area contributed by atoms with E-state index in [1.54, 1.807) is 38.2 Å². The number of pyridine rings is 1. The van der Waals surface area contributed by atoms with Gasteiger partial charge in [0.2, 0.25) is 5.60 Å². The Balaban J connectivity index is 1.39. The molecule has 1 saturated heterocycles. The van der Waals surface area contributed by atoms with Crippen LogP contribution >= 0.6 is 0 Å². The van der Waals surface area contributed by atoms with E-state index in [0.717, 1.165) is 10.8 Å². The smallest absolute Gasteiger partial charge is 0.341 e. The number of carbonyl (C=O) groups excluding carboxylic acids is 3. The quantitative estimate of drug-likeness (QED) is 0.473. The Morgan fingerprint density at radius 3 is 2.61 bits per heavy atom. The van der Waals surface area contributed by atoms with Crippen LogP contribution in [-0.4, -0.2) is 52.6 Å². The molecule has 196 valence electrons. The number of cyclic esters (lactones) is 1. The second kappa shape index (κ2) is 9.85. The zero-order valence-corrected chi connectivity index (χ0v) is 20.8. The normalized spacial score (nSPS) is 24.6. The number of halogens is 1. The molecule has 9 nitrogen and oxygen atoms in total. The molecular formula is C28H26FN3O6. The molecule has 2 aliphatic rings. The lowest BCUT2D eigenvalue weighted by Gasteiger charge is -2.34. The first kappa shape index (κ1) is 25.3. The van der Waals surface area contributed by atoms with E-state index >= 15 is 0 Å². The van der Waals surface area contributed by atoms with Crippen molar-refractivity contribution in [2.24, 2.45) is 11.1 Å². The number of amides is 1. The minimum Gasteiger partial charge on any atom is -0.417 e. The minimum absolute atomic E-state index is 0.0887. The van der Waals surface area contributed by atoms with Gasteiger partial charge in [-0.15, -0.1) is 0 Å². The molecule has 1 amide bonds. The lowest BCUT2D eigenvalue weighted by Crippen LogP contribution is -2.60. The van der Waals surface area contributed by atoms with Crippen molar-refractivity contribution in [2.75, 3.05) is 6.67 Å². The van der Waals surface area contributed by atoms with Gasteiger partial charge in [0.1, 0.15) is 11.8 Å². The van der Waals surface area contributed by atoms with Crippen LogP contribution in [0.2, 0.25) is 0 Å². The van der Waals surface area contributed by atoms with Gasteiger partial charge in [0.15, 0.2) is 6.67 Å². The molecule has 0 radical (unpaired) electrons. The van der Waals surface area contributed by atoms with Crippen LogP contribution in [0.5, 0.6) is 0 Å². The predicted octanol–water partition coefficient (Wildman–Crippen LogP) is 3.71. The Bertz CT molecular complexity index is 1420. The summed E-state index contributed by atoms with van der Waals surface area (Å²) in [5, 5.41) is 8.70. The van der Waals surface area contributed by atoms with Crippen molar-refractivity contribution in [1.82, 2.24) is 10.3 Å². The fourth-order valence-electron chi connectivity index (χ4n) is 4.72. The first-order valence-corrected chi connectivity index (χ1v) is 12.2. The summed E-state index contributed by atoms with van der Waals surface area (Å²) in [6.45, 7) is 2.24. The SMILES string of the molecule is CC(C)[C@@]1(C(=O)N[C@H]2CC(=O)O[C@@]2(CF)OC(=O)c2ccccc2)CC(c2nccc3ccccc23)=NO1. The lowest BCUT2D eigenvalue weighted by molar-refractivity contribution is -0.203.